The lowest BCUT2D eigenvalue weighted by atomic mass is 10.2. The summed E-state index contributed by atoms with van der Waals surface area (Å²) in [5, 5.41) is 0.315. The van der Waals surface area contributed by atoms with Crippen LogP contribution >= 0.6 is 23.2 Å². The van der Waals surface area contributed by atoms with Crippen molar-refractivity contribution >= 4 is 44.9 Å². The Labute approximate surface area is 128 Å². The van der Waals surface area contributed by atoms with Gasteiger partial charge in [0.15, 0.2) is 0 Å². The van der Waals surface area contributed by atoms with Crippen LogP contribution in [-0.2, 0) is 14.8 Å². The van der Waals surface area contributed by atoms with E-state index in [0.29, 0.717) is 23.7 Å². The van der Waals surface area contributed by atoms with E-state index in [0.717, 1.165) is 0 Å². The fraction of sp³-hybridized carbons (Fsp3) is 0.417. The predicted molar refractivity (Wildman–Crippen MR) is 80.2 cm³/mol. The third-order valence-corrected chi connectivity index (χ3v) is 4.31. The van der Waals surface area contributed by atoms with Crippen molar-refractivity contribution in [2.24, 2.45) is 0 Å². The van der Waals surface area contributed by atoms with Crippen LogP contribution in [0.5, 0.6) is 0 Å². The lowest BCUT2D eigenvalue weighted by Crippen LogP contribution is -2.19. The fourth-order valence-electron chi connectivity index (χ4n) is 1.49. The number of benzene rings is 1. The Kier molecular flexibility index (Phi) is 6.58. The summed E-state index contributed by atoms with van der Waals surface area (Å²) in [5.41, 5.74) is 0.216. The largest absolute Gasteiger partial charge is 0.465 e. The van der Waals surface area contributed by atoms with E-state index in [1.165, 1.54) is 25.3 Å². The number of sulfonamides is 1. The third-order valence-electron chi connectivity index (χ3n) is 2.45. The second-order valence-electron chi connectivity index (χ2n) is 4.00. The van der Waals surface area contributed by atoms with Crippen LogP contribution in [0.15, 0.2) is 18.2 Å². The minimum absolute atomic E-state index is 0.0665. The van der Waals surface area contributed by atoms with Crippen molar-refractivity contribution in [1.82, 2.24) is 0 Å². The lowest BCUT2D eigenvalue weighted by Gasteiger charge is -2.11. The Morgan fingerprint density at radius 1 is 1.35 bits per heavy atom. The zero-order valence-corrected chi connectivity index (χ0v) is 13.2. The first-order chi connectivity index (χ1) is 9.39. The van der Waals surface area contributed by atoms with Gasteiger partial charge in [-0.15, -0.1) is 11.6 Å². The second kappa shape index (κ2) is 7.71. The fourth-order valence-corrected chi connectivity index (χ4v) is 3.05. The summed E-state index contributed by atoms with van der Waals surface area (Å²) in [5.74, 6) is -0.321. The number of unbranched alkanes of at least 4 members (excludes halogenated alkanes) is 1. The van der Waals surface area contributed by atoms with Gasteiger partial charge < -0.3 is 4.74 Å². The van der Waals surface area contributed by atoms with Crippen molar-refractivity contribution in [3.8, 4) is 0 Å². The number of methoxy groups -OCH3 is 1. The molecule has 112 valence electrons. The average molecular weight is 340 g/mol. The van der Waals surface area contributed by atoms with Crippen LogP contribution in [0.4, 0.5) is 5.69 Å². The average Bonchev–Trinajstić information content (AvgIpc) is 2.40. The monoisotopic (exact) mass is 339 g/mol. The summed E-state index contributed by atoms with van der Waals surface area (Å²) in [6, 6.07) is 4.27. The molecule has 0 radical (unpaired) electrons. The van der Waals surface area contributed by atoms with Crippen LogP contribution in [0, 0.1) is 0 Å². The molecule has 0 atom stereocenters. The van der Waals surface area contributed by atoms with Crippen LogP contribution in [0.2, 0.25) is 5.02 Å². The molecule has 0 heterocycles. The number of esters is 1. The Morgan fingerprint density at radius 3 is 2.65 bits per heavy atom. The highest BCUT2D eigenvalue weighted by atomic mass is 35.5. The quantitative estimate of drug-likeness (QED) is 0.471. The van der Waals surface area contributed by atoms with Gasteiger partial charge in [-0.2, -0.15) is 0 Å². The number of nitrogens with one attached hydrogen (secondary N) is 1. The van der Waals surface area contributed by atoms with E-state index in [4.69, 9.17) is 23.2 Å². The van der Waals surface area contributed by atoms with Crippen LogP contribution in [0.3, 0.4) is 0 Å². The van der Waals surface area contributed by atoms with Gasteiger partial charge in [0, 0.05) is 10.9 Å². The molecule has 0 saturated heterocycles. The predicted octanol–water partition coefficient (Wildman–Crippen LogP) is 2.89. The Morgan fingerprint density at radius 2 is 2.05 bits per heavy atom. The first kappa shape index (κ1) is 17.1. The summed E-state index contributed by atoms with van der Waals surface area (Å²) < 4.78 is 30.7. The Balaban J connectivity index is 2.94. The minimum Gasteiger partial charge on any atom is -0.465 e. The molecule has 0 saturated carbocycles. The summed E-state index contributed by atoms with van der Waals surface area (Å²) >= 11 is 11.3. The van der Waals surface area contributed by atoms with Crippen molar-refractivity contribution in [3.63, 3.8) is 0 Å². The number of hydrogen-bond donors (Lipinski definition) is 1. The standard InChI is InChI=1S/C12H15Cl2NO4S/c1-19-12(16)10-8-9(14)4-5-11(10)15-20(17,18)7-3-2-6-13/h4-5,8,15H,2-3,6-7H2,1H3. The maximum Gasteiger partial charge on any atom is 0.340 e. The van der Waals surface area contributed by atoms with Gasteiger partial charge in [0.05, 0.1) is 24.1 Å². The van der Waals surface area contributed by atoms with Crippen molar-refractivity contribution in [3.05, 3.63) is 28.8 Å². The van der Waals surface area contributed by atoms with Crippen LogP contribution in [0.25, 0.3) is 0 Å². The normalized spacial score (nSPS) is 11.2. The van der Waals surface area contributed by atoms with Gasteiger partial charge >= 0.3 is 5.97 Å². The molecule has 0 aliphatic rings. The number of anilines is 1. The van der Waals surface area contributed by atoms with E-state index < -0.39 is 16.0 Å². The molecule has 0 aliphatic heterocycles. The molecule has 1 aromatic rings. The summed E-state index contributed by atoms with van der Waals surface area (Å²) in [7, 11) is -2.33. The molecule has 1 N–H and O–H groups in total. The van der Waals surface area contributed by atoms with Crippen molar-refractivity contribution in [1.29, 1.82) is 0 Å². The van der Waals surface area contributed by atoms with Gasteiger partial charge in [0.1, 0.15) is 0 Å². The van der Waals surface area contributed by atoms with E-state index >= 15 is 0 Å². The SMILES string of the molecule is COC(=O)c1cc(Cl)ccc1NS(=O)(=O)CCCCCl. The number of halogens is 2. The van der Waals surface area contributed by atoms with Gasteiger partial charge in [0.25, 0.3) is 0 Å². The van der Waals surface area contributed by atoms with Crippen molar-refractivity contribution < 1.29 is 17.9 Å². The molecule has 0 bridgehead atoms. The number of carbonyl (C=O) groups is 1. The molecule has 1 aromatic carbocycles. The van der Waals surface area contributed by atoms with Gasteiger partial charge in [0.2, 0.25) is 10.0 Å². The van der Waals surface area contributed by atoms with Crippen LogP contribution in [-0.4, -0.2) is 33.1 Å². The first-order valence-electron chi connectivity index (χ1n) is 5.84. The molecule has 0 fully saturated rings. The molecule has 0 amide bonds. The number of ether oxygens (including phenoxy) is 1. The smallest absolute Gasteiger partial charge is 0.340 e. The van der Waals surface area contributed by atoms with E-state index in [2.05, 4.69) is 9.46 Å². The molecule has 8 heteroatoms. The number of rotatable bonds is 7. The maximum atomic E-state index is 11.9. The Bertz CT molecular complexity index is 575. The highest BCUT2D eigenvalue weighted by molar-refractivity contribution is 7.92. The summed E-state index contributed by atoms with van der Waals surface area (Å²) in [6.07, 6.45) is 1.05. The third kappa shape index (κ3) is 5.19. The molecule has 0 unspecified atom stereocenters. The molecule has 5 nitrogen and oxygen atoms in total. The molecular formula is C12H15Cl2NO4S. The molecule has 0 aromatic heterocycles. The summed E-state index contributed by atoms with van der Waals surface area (Å²) in [6.45, 7) is 0. The lowest BCUT2D eigenvalue weighted by molar-refractivity contribution is 0.0602. The molecular weight excluding hydrogens is 325 g/mol. The Hall–Kier alpha value is -0.980. The zero-order valence-electron chi connectivity index (χ0n) is 10.9. The highest BCUT2D eigenvalue weighted by Crippen LogP contribution is 2.22. The van der Waals surface area contributed by atoms with E-state index in [1.54, 1.807) is 0 Å². The number of hydrogen-bond acceptors (Lipinski definition) is 4. The van der Waals surface area contributed by atoms with Gasteiger partial charge in [-0.1, -0.05) is 11.6 Å². The minimum atomic E-state index is -3.54. The van der Waals surface area contributed by atoms with E-state index in [-0.39, 0.29) is 17.0 Å². The molecule has 0 spiro atoms. The maximum absolute atomic E-state index is 11.9. The van der Waals surface area contributed by atoms with Crippen LogP contribution in [0.1, 0.15) is 23.2 Å². The van der Waals surface area contributed by atoms with Crippen molar-refractivity contribution in [2.45, 2.75) is 12.8 Å². The van der Waals surface area contributed by atoms with E-state index in [9.17, 15) is 13.2 Å². The van der Waals surface area contributed by atoms with Crippen molar-refractivity contribution in [2.75, 3.05) is 23.5 Å². The zero-order chi connectivity index (χ0) is 15.2. The highest BCUT2D eigenvalue weighted by Gasteiger charge is 2.17. The second-order valence-corrected chi connectivity index (χ2v) is 6.65. The summed E-state index contributed by atoms with van der Waals surface area (Å²) in [4.78, 5) is 11.6. The van der Waals surface area contributed by atoms with Gasteiger partial charge in [-0.05, 0) is 31.0 Å². The van der Waals surface area contributed by atoms with Gasteiger partial charge in [-0.25, -0.2) is 13.2 Å². The van der Waals surface area contributed by atoms with E-state index in [1.807, 2.05) is 0 Å². The molecule has 1 rings (SSSR count). The molecule has 0 aliphatic carbocycles. The molecule has 20 heavy (non-hydrogen) atoms. The van der Waals surface area contributed by atoms with Crippen LogP contribution < -0.4 is 4.72 Å². The number of alkyl halides is 1. The van der Waals surface area contributed by atoms with Gasteiger partial charge in [-0.3, -0.25) is 4.72 Å². The first-order valence-corrected chi connectivity index (χ1v) is 8.40. The number of carbonyl (C=O) groups excluding carboxylic acids is 1. The topological polar surface area (TPSA) is 72.5 Å².